The Labute approximate surface area is 408 Å². The summed E-state index contributed by atoms with van der Waals surface area (Å²) in [5.74, 6) is -0.921. The molecule has 0 spiro atoms. The predicted molar refractivity (Wildman–Crippen MR) is 284 cm³/mol. The number of hydrogen-bond acceptors (Lipinski definition) is 6. The first kappa shape index (κ1) is 62.8. The van der Waals surface area contributed by atoms with Gasteiger partial charge >= 0.3 is 17.9 Å². The van der Waals surface area contributed by atoms with Crippen molar-refractivity contribution in [2.24, 2.45) is 0 Å². The van der Waals surface area contributed by atoms with Crippen LogP contribution in [0.4, 0.5) is 0 Å². The van der Waals surface area contributed by atoms with Crippen LogP contribution in [0.5, 0.6) is 0 Å². The van der Waals surface area contributed by atoms with E-state index in [0.29, 0.717) is 19.3 Å². The fraction of sp³-hybridized carbons (Fsp3) is 0.750. The molecule has 0 saturated heterocycles. The van der Waals surface area contributed by atoms with Gasteiger partial charge in [-0.1, -0.05) is 222 Å². The Morgan fingerprint density at radius 1 is 0.318 bits per heavy atom. The minimum atomic E-state index is -0.792. The highest BCUT2D eigenvalue weighted by Gasteiger charge is 2.19. The van der Waals surface area contributed by atoms with Gasteiger partial charge in [-0.2, -0.15) is 0 Å². The summed E-state index contributed by atoms with van der Waals surface area (Å²) < 4.78 is 16.8. The lowest BCUT2D eigenvalue weighted by Gasteiger charge is -2.18. The highest BCUT2D eigenvalue weighted by Crippen LogP contribution is 2.15. The molecule has 0 aliphatic carbocycles. The molecule has 0 aromatic rings. The van der Waals surface area contributed by atoms with E-state index in [9.17, 15) is 14.4 Å². The zero-order valence-corrected chi connectivity index (χ0v) is 43.4. The van der Waals surface area contributed by atoms with Crippen LogP contribution in [0.3, 0.4) is 0 Å². The van der Waals surface area contributed by atoms with Crippen molar-refractivity contribution in [2.75, 3.05) is 13.2 Å². The molecule has 6 heteroatoms. The number of carbonyl (C=O) groups excluding carboxylic acids is 3. The number of ether oxygens (including phenoxy) is 3. The van der Waals surface area contributed by atoms with E-state index in [1.807, 2.05) is 0 Å². The number of unbranched alkanes of at least 4 members (excludes halogenated alkanes) is 27. The van der Waals surface area contributed by atoms with Crippen LogP contribution in [0.1, 0.15) is 271 Å². The summed E-state index contributed by atoms with van der Waals surface area (Å²) in [6.07, 6.45) is 69.0. The standard InChI is InChI=1S/C60H104O6/c1-4-7-10-13-16-19-22-24-26-28-29-30-31-33-34-36-38-41-44-47-50-53-59(62)65-56-57(55-64-58(61)52-49-46-43-40-21-18-15-12-9-6-3)66-60(63)54-51-48-45-42-39-37-35-32-27-25-23-20-17-14-11-8-5-2/h8,11-12,15,17,20,25,27-29,35,37,57H,4-7,9-10,13-14,16,18-19,21-24,26,30-34,36,38-56H2,1-3H3/b11-8-,15-12-,20-17-,27-25-,29-28-,37-35-. The molecule has 0 saturated carbocycles. The Balaban J connectivity index is 4.33. The first-order valence-electron chi connectivity index (χ1n) is 27.9. The predicted octanol–water partition coefficient (Wildman–Crippen LogP) is 18.6. The number of hydrogen-bond donors (Lipinski definition) is 0. The molecule has 0 fully saturated rings. The van der Waals surface area contributed by atoms with Crippen molar-refractivity contribution in [1.82, 2.24) is 0 Å². The Morgan fingerprint density at radius 2 is 0.621 bits per heavy atom. The molecule has 0 heterocycles. The summed E-state index contributed by atoms with van der Waals surface area (Å²) in [4.78, 5) is 38.0. The van der Waals surface area contributed by atoms with Crippen LogP contribution in [-0.4, -0.2) is 37.2 Å². The zero-order valence-electron chi connectivity index (χ0n) is 43.4. The molecule has 1 atom stereocenters. The molecular weight excluding hydrogens is 817 g/mol. The summed E-state index contributed by atoms with van der Waals surface area (Å²) in [6, 6.07) is 0. The molecule has 6 nitrogen and oxygen atoms in total. The average Bonchev–Trinajstić information content (AvgIpc) is 3.31. The maximum absolute atomic E-state index is 12.8. The second-order valence-electron chi connectivity index (χ2n) is 18.5. The molecule has 0 radical (unpaired) electrons. The molecule has 1 unspecified atom stereocenters. The molecular formula is C60H104O6. The molecule has 0 aromatic heterocycles. The van der Waals surface area contributed by atoms with Gasteiger partial charge in [0, 0.05) is 19.3 Å². The van der Waals surface area contributed by atoms with Gasteiger partial charge in [0.2, 0.25) is 0 Å². The Morgan fingerprint density at radius 3 is 1.00 bits per heavy atom. The normalized spacial score (nSPS) is 12.6. The highest BCUT2D eigenvalue weighted by atomic mass is 16.6. The van der Waals surface area contributed by atoms with E-state index in [4.69, 9.17) is 14.2 Å². The van der Waals surface area contributed by atoms with Crippen LogP contribution in [0.15, 0.2) is 72.9 Å². The maximum atomic E-state index is 12.8. The van der Waals surface area contributed by atoms with Gasteiger partial charge in [-0.05, 0) is 103 Å². The Hall–Kier alpha value is -3.15. The van der Waals surface area contributed by atoms with Crippen molar-refractivity contribution in [3.63, 3.8) is 0 Å². The average molecular weight is 921 g/mol. The van der Waals surface area contributed by atoms with Crippen molar-refractivity contribution in [1.29, 1.82) is 0 Å². The fourth-order valence-corrected chi connectivity index (χ4v) is 7.72. The van der Waals surface area contributed by atoms with Crippen molar-refractivity contribution in [2.45, 2.75) is 277 Å². The minimum absolute atomic E-state index is 0.0888. The summed E-state index contributed by atoms with van der Waals surface area (Å²) >= 11 is 0. The van der Waals surface area contributed by atoms with Gasteiger partial charge in [-0.15, -0.1) is 0 Å². The van der Waals surface area contributed by atoms with Crippen molar-refractivity contribution in [3.8, 4) is 0 Å². The number of carbonyl (C=O) groups is 3. The zero-order chi connectivity index (χ0) is 47.9. The SMILES string of the molecule is CC/C=C\C/C=C\C/C=C\C/C=C\CCCCCCC(=O)OC(COC(=O)CCCCCCC/C=C\CCC)COC(=O)CCCCCCCCCCC/C=C\CCCCCCCCCC. The van der Waals surface area contributed by atoms with E-state index in [1.54, 1.807) is 0 Å². The van der Waals surface area contributed by atoms with Crippen LogP contribution < -0.4 is 0 Å². The number of allylic oxidation sites excluding steroid dienone is 12. The van der Waals surface area contributed by atoms with Gasteiger partial charge in [0.25, 0.3) is 0 Å². The lowest BCUT2D eigenvalue weighted by Crippen LogP contribution is -2.30. The van der Waals surface area contributed by atoms with Crippen LogP contribution in [-0.2, 0) is 28.6 Å². The van der Waals surface area contributed by atoms with Crippen LogP contribution >= 0.6 is 0 Å². The summed E-state index contributed by atoms with van der Waals surface area (Å²) in [6.45, 7) is 6.45. The number of rotatable bonds is 50. The molecule has 0 amide bonds. The lowest BCUT2D eigenvalue weighted by atomic mass is 10.1. The molecule has 380 valence electrons. The summed E-state index contributed by atoms with van der Waals surface area (Å²) in [5.41, 5.74) is 0. The molecule has 0 aliphatic rings. The Bertz CT molecular complexity index is 1240. The Kier molecular flexibility index (Phi) is 51.9. The second kappa shape index (κ2) is 54.5. The lowest BCUT2D eigenvalue weighted by molar-refractivity contribution is -0.167. The van der Waals surface area contributed by atoms with E-state index in [0.717, 1.165) is 116 Å². The van der Waals surface area contributed by atoms with Gasteiger partial charge in [0.05, 0.1) is 0 Å². The van der Waals surface area contributed by atoms with E-state index in [2.05, 4.69) is 93.7 Å². The van der Waals surface area contributed by atoms with E-state index in [1.165, 1.54) is 116 Å². The third-order valence-electron chi connectivity index (χ3n) is 11.9. The molecule has 0 aromatic carbocycles. The third kappa shape index (κ3) is 51.8. The third-order valence-corrected chi connectivity index (χ3v) is 11.9. The monoisotopic (exact) mass is 921 g/mol. The van der Waals surface area contributed by atoms with E-state index >= 15 is 0 Å². The molecule has 0 bridgehead atoms. The van der Waals surface area contributed by atoms with Gasteiger partial charge in [-0.25, -0.2) is 0 Å². The van der Waals surface area contributed by atoms with Crippen molar-refractivity contribution < 1.29 is 28.6 Å². The van der Waals surface area contributed by atoms with Gasteiger partial charge in [-0.3, -0.25) is 14.4 Å². The molecule has 66 heavy (non-hydrogen) atoms. The van der Waals surface area contributed by atoms with Gasteiger partial charge in [0.1, 0.15) is 13.2 Å². The van der Waals surface area contributed by atoms with Crippen LogP contribution in [0.2, 0.25) is 0 Å². The molecule has 0 N–H and O–H groups in total. The van der Waals surface area contributed by atoms with E-state index < -0.39 is 6.10 Å². The summed E-state index contributed by atoms with van der Waals surface area (Å²) in [5, 5.41) is 0. The van der Waals surface area contributed by atoms with Crippen LogP contribution in [0, 0.1) is 0 Å². The fourth-order valence-electron chi connectivity index (χ4n) is 7.72. The van der Waals surface area contributed by atoms with Crippen molar-refractivity contribution >= 4 is 17.9 Å². The smallest absolute Gasteiger partial charge is 0.306 e. The summed E-state index contributed by atoms with van der Waals surface area (Å²) in [7, 11) is 0. The highest BCUT2D eigenvalue weighted by molar-refractivity contribution is 5.71. The quantitative estimate of drug-likeness (QED) is 0.0262. The first-order chi connectivity index (χ1) is 32.5. The van der Waals surface area contributed by atoms with Gasteiger partial charge in [0.15, 0.2) is 6.10 Å². The molecule has 0 aliphatic heterocycles. The number of esters is 3. The first-order valence-corrected chi connectivity index (χ1v) is 27.9. The second-order valence-corrected chi connectivity index (χ2v) is 18.5. The van der Waals surface area contributed by atoms with E-state index in [-0.39, 0.29) is 31.1 Å². The van der Waals surface area contributed by atoms with Gasteiger partial charge < -0.3 is 14.2 Å². The maximum Gasteiger partial charge on any atom is 0.306 e. The minimum Gasteiger partial charge on any atom is -0.462 e. The van der Waals surface area contributed by atoms with Crippen LogP contribution in [0.25, 0.3) is 0 Å². The van der Waals surface area contributed by atoms with Crippen molar-refractivity contribution in [3.05, 3.63) is 72.9 Å². The molecule has 0 rings (SSSR count). The largest absolute Gasteiger partial charge is 0.462 e. The topological polar surface area (TPSA) is 78.9 Å².